The van der Waals surface area contributed by atoms with Gasteiger partial charge in [-0.05, 0) is 0 Å². The van der Waals surface area contributed by atoms with Gasteiger partial charge < -0.3 is 0 Å². The predicted octanol–water partition coefficient (Wildman–Crippen LogP) is 1.16. The van der Waals surface area contributed by atoms with Crippen molar-refractivity contribution in [1.82, 2.24) is 10.2 Å². The highest BCUT2D eigenvalue weighted by Crippen LogP contribution is 2.10. The van der Waals surface area contributed by atoms with Gasteiger partial charge in [-0.2, -0.15) is 5.10 Å². The Morgan fingerprint density at radius 3 is 2.80 bits per heavy atom. The van der Waals surface area contributed by atoms with Crippen LogP contribution in [0.1, 0.15) is 5.56 Å². The highest BCUT2D eigenvalue weighted by atomic mass is 35.5. The lowest BCUT2D eigenvalue weighted by Gasteiger charge is -1.93. The molecule has 3 nitrogen and oxygen atoms in total. The van der Waals surface area contributed by atoms with Crippen molar-refractivity contribution in [3.05, 3.63) is 27.1 Å². The lowest BCUT2D eigenvalue weighted by atomic mass is 10.3. The van der Waals surface area contributed by atoms with Crippen LogP contribution in [-0.2, 0) is 5.88 Å². The summed E-state index contributed by atoms with van der Waals surface area (Å²) in [5.41, 5.74) is 0.0285. The lowest BCUT2D eigenvalue weighted by molar-refractivity contribution is 0.964. The summed E-state index contributed by atoms with van der Waals surface area (Å²) in [6.07, 6.45) is 1.35. The van der Waals surface area contributed by atoms with Crippen LogP contribution in [-0.4, -0.2) is 10.2 Å². The van der Waals surface area contributed by atoms with E-state index in [1.807, 2.05) is 0 Å². The highest BCUT2D eigenvalue weighted by Gasteiger charge is 2.02. The summed E-state index contributed by atoms with van der Waals surface area (Å²) in [6.45, 7) is 0. The summed E-state index contributed by atoms with van der Waals surface area (Å²) in [7, 11) is 0. The van der Waals surface area contributed by atoms with Crippen molar-refractivity contribution >= 4 is 23.2 Å². The lowest BCUT2D eigenvalue weighted by Crippen LogP contribution is -2.12. The van der Waals surface area contributed by atoms with E-state index in [0.717, 1.165) is 0 Å². The number of hydrogen-bond donors (Lipinski definition) is 1. The van der Waals surface area contributed by atoms with Crippen molar-refractivity contribution < 1.29 is 0 Å². The molecular formula is C5H4Cl2N2O. The summed E-state index contributed by atoms with van der Waals surface area (Å²) < 4.78 is 0. The Morgan fingerprint density at radius 2 is 2.40 bits per heavy atom. The first-order valence-electron chi connectivity index (χ1n) is 2.53. The van der Waals surface area contributed by atoms with Crippen LogP contribution in [0, 0.1) is 0 Å². The second-order valence-electron chi connectivity index (χ2n) is 1.66. The zero-order valence-corrected chi connectivity index (χ0v) is 6.41. The van der Waals surface area contributed by atoms with Crippen molar-refractivity contribution in [3.8, 4) is 0 Å². The van der Waals surface area contributed by atoms with E-state index < -0.39 is 0 Å². The van der Waals surface area contributed by atoms with Crippen molar-refractivity contribution in [2.75, 3.05) is 0 Å². The SMILES string of the molecule is O=c1[nH]ncc(Cl)c1CCl. The van der Waals surface area contributed by atoms with Crippen molar-refractivity contribution in [2.24, 2.45) is 0 Å². The Morgan fingerprint density at radius 1 is 1.70 bits per heavy atom. The summed E-state index contributed by atoms with van der Waals surface area (Å²) in [5, 5.41) is 5.99. The molecule has 0 saturated carbocycles. The van der Waals surface area contributed by atoms with Gasteiger partial charge >= 0.3 is 0 Å². The van der Waals surface area contributed by atoms with Gasteiger partial charge in [-0.15, -0.1) is 11.6 Å². The highest BCUT2D eigenvalue weighted by molar-refractivity contribution is 6.32. The molecular weight excluding hydrogens is 175 g/mol. The van der Waals surface area contributed by atoms with Crippen molar-refractivity contribution in [2.45, 2.75) is 5.88 Å². The average molecular weight is 179 g/mol. The van der Waals surface area contributed by atoms with Gasteiger partial charge in [0, 0.05) is 0 Å². The number of rotatable bonds is 1. The van der Waals surface area contributed by atoms with Crippen LogP contribution in [0.15, 0.2) is 11.0 Å². The van der Waals surface area contributed by atoms with E-state index in [-0.39, 0.29) is 11.4 Å². The van der Waals surface area contributed by atoms with Crippen LogP contribution in [0.4, 0.5) is 0 Å². The second-order valence-corrected chi connectivity index (χ2v) is 2.33. The molecule has 0 amide bonds. The molecule has 1 aromatic heterocycles. The minimum atomic E-state index is -0.331. The van der Waals surface area contributed by atoms with Crippen LogP contribution >= 0.6 is 23.2 Å². The summed E-state index contributed by atoms with van der Waals surface area (Å²) >= 11 is 11.0. The molecule has 54 valence electrons. The largest absolute Gasteiger partial charge is 0.270 e. The number of alkyl halides is 1. The first kappa shape index (κ1) is 7.57. The van der Waals surface area contributed by atoms with Gasteiger partial charge in [0.25, 0.3) is 5.56 Å². The molecule has 0 saturated heterocycles. The zero-order valence-electron chi connectivity index (χ0n) is 4.90. The minimum absolute atomic E-state index is 0.108. The zero-order chi connectivity index (χ0) is 7.56. The third kappa shape index (κ3) is 1.30. The van der Waals surface area contributed by atoms with Gasteiger partial charge in [0.05, 0.1) is 22.7 Å². The van der Waals surface area contributed by atoms with Gasteiger partial charge in [-0.1, -0.05) is 11.6 Å². The van der Waals surface area contributed by atoms with Crippen LogP contribution in [0.5, 0.6) is 0 Å². The third-order valence-corrected chi connectivity index (χ3v) is 1.63. The number of hydrogen-bond acceptors (Lipinski definition) is 2. The van der Waals surface area contributed by atoms with Crippen LogP contribution in [0.2, 0.25) is 5.02 Å². The van der Waals surface area contributed by atoms with Gasteiger partial charge in [-0.3, -0.25) is 4.79 Å². The molecule has 0 aromatic carbocycles. The summed E-state index contributed by atoms with van der Waals surface area (Å²) in [6, 6.07) is 0. The van der Waals surface area contributed by atoms with E-state index in [0.29, 0.717) is 10.6 Å². The molecule has 0 aliphatic carbocycles. The first-order valence-corrected chi connectivity index (χ1v) is 3.45. The molecule has 10 heavy (non-hydrogen) atoms. The van der Waals surface area contributed by atoms with E-state index in [1.165, 1.54) is 6.20 Å². The Balaban J connectivity index is 3.31. The summed E-state index contributed by atoms with van der Waals surface area (Å²) in [5.74, 6) is 0.108. The van der Waals surface area contributed by atoms with Gasteiger partial charge in [0.1, 0.15) is 0 Å². The molecule has 0 atom stereocenters. The molecule has 0 aliphatic heterocycles. The summed E-state index contributed by atoms with van der Waals surface area (Å²) in [4.78, 5) is 10.8. The minimum Gasteiger partial charge on any atom is -0.268 e. The Kier molecular flexibility index (Phi) is 2.29. The maximum Gasteiger partial charge on any atom is 0.270 e. The fourth-order valence-corrected chi connectivity index (χ4v) is 1.06. The molecule has 0 spiro atoms. The average Bonchev–Trinajstić information content (AvgIpc) is 1.88. The standard InChI is InChI=1S/C5H4Cl2N2O/c6-1-3-4(7)2-8-9-5(3)10/h2H,1H2,(H,9,10). The second kappa shape index (κ2) is 3.03. The molecule has 0 bridgehead atoms. The topological polar surface area (TPSA) is 45.8 Å². The van der Waals surface area contributed by atoms with Crippen molar-refractivity contribution in [1.29, 1.82) is 0 Å². The number of aromatic amines is 1. The maximum atomic E-state index is 10.8. The quantitative estimate of drug-likeness (QED) is 0.657. The Labute approximate surface area is 67.0 Å². The Hall–Kier alpha value is -0.540. The number of nitrogens with one attached hydrogen (secondary N) is 1. The van der Waals surface area contributed by atoms with E-state index in [1.54, 1.807) is 0 Å². The molecule has 0 unspecified atom stereocenters. The Bertz CT molecular complexity index is 283. The van der Waals surface area contributed by atoms with Gasteiger partial charge in [0.15, 0.2) is 0 Å². The van der Waals surface area contributed by atoms with E-state index in [4.69, 9.17) is 23.2 Å². The molecule has 0 fully saturated rings. The predicted molar refractivity (Wildman–Crippen MR) is 39.4 cm³/mol. The van der Waals surface area contributed by atoms with Crippen molar-refractivity contribution in [3.63, 3.8) is 0 Å². The molecule has 1 rings (SSSR count). The number of nitrogens with zero attached hydrogens (tertiary/aromatic N) is 1. The molecule has 1 heterocycles. The first-order chi connectivity index (χ1) is 4.75. The maximum absolute atomic E-state index is 10.8. The monoisotopic (exact) mass is 178 g/mol. The van der Waals surface area contributed by atoms with Crippen LogP contribution < -0.4 is 5.56 Å². The van der Waals surface area contributed by atoms with E-state index in [9.17, 15) is 4.79 Å². The third-order valence-electron chi connectivity index (χ3n) is 1.04. The number of halogens is 2. The molecule has 1 aromatic rings. The molecule has 0 radical (unpaired) electrons. The van der Waals surface area contributed by atoms with Crippen LogP contribution in [0.25, 0.3) is 0 Å². The van der Waals surface area contributed by atoms with Gasteiger partial charge in [-0.25, -0.2) is 5.10 Å². The normalized spacial score (nSPS) is 9.80. The van der Waals surface area contributed by atoms with E-state index in [2.05, 4.69) is 10.2 Å². The number of aromatic nitrogens is 2. The smallest absolute Gasteiger partial charge is 0.268 e. The number of H-pyrrole nitrogens is 1. The van der Waals surface area contributed by atoms with Gasteiger partial charge in [0.2, 0.25) is 0 Å². The fourth-order valence-electron chi connectivity index (χ4n) is 0.526. The molecule has 0 aliphatic rings. The van der Waals surface area contributed by atoms with E-state index >= 15 is 0 Å². The molecule has 5 heteroatoms. The fraction of sp³-hybridized carbons (Fsp3) is 0.200. The molecule has 1 N–H and O–H groups in total. The van der Waals surface area contributed by atoms with Crippen LogP contribution in [0.3, 0.4) is 0 Å².